The van der Waals surface area contributed by atoms with E-state index in [2.05, 4.69) is 0 Å². The minimum Gasteiger partial charge on any atom is -0.510 e. The zero-order valence-electron chi connectivity index (χ0n) is 32.9. The zero-order chi connectivity index (χ0) is 40.7. The van der Waals surface area contributed by atoms with E-state index in [-0.39, 0.29) is 69.6 Å². The maximum atomic E-state index is 15.0. The smallest absolute Gasteiger partial charge is 0.183 e. The number of phenols is 4. The van der Waals surface area contributed by atoms with Gasteiger partial charge in [-0.05, 0) is 58.8 Å². The second-order valence-electron chi connectivity index (χ2n) is 15.5. The summed E-state index contributed by atoms with van der Waals surface area (Å²) in [5.74, 6) is -8.33. The molecule has 0 saturated carbocycles. The van der Waals surface area contributed by atoms with Gasteiger partial charge in [0.05, 0.1) is 25.0 Å². The number of methoxy groups -OCH3 is 2. The highest BCUT2D eigenvalue weighted by atomic mass is 16.5. The number of benzene rings is 2. The molecule has 0 radical (unpaired) electrons. The minimum absolute atomic E-state index is 0.00102. The normalized spacial score (nSPS) is 19.6. The molecule has 3 atom stereocenters. The number of ether oxygens (including phenoxy) is 2. The van der Waals surface area contributed by atoms with Gasteiger partial charge in [-0.2, -0.15) is 0 Å². The Morgan fingerprint density at radius 2 is 1.08 bits per heavy atom. The largest absolute Gasteiger partial charge is 0.510 e. The van der Waals surface area contributed by atoms with Crippen LogP contribution in [-0.2, 0) is 27.2 Å². The van der Waals surface area contributed by atoms with E-state index in [9.17, 15) is 49.5 Å². The Labute approximate surface area is 310 Å². The summed E-state index contributed by atoms with van der Waals surface area (Å²) < 4.78 is 10.8. The number of hydrogen-bond donors (Lipinski definition) is 5. The second kappa shape index (κ2) is 15.6. The molecule has 1 aliphatic rings. The van der Waals surface area contributed by atoms with Crippen molar-refractivity contribution in [1.82, 2.24) is 0 Å². The molecule has 2 aromatic carbocycles. The van der Waals surface area contributed by atoms with E-state index < -0.39 is 92.8 Å². The standard InChI is InChI=1S/C41H54O12/c1-13-20(6)30(44)29-34(48)24(32(46)22(8)36(29)53-12)17-41(10)38(50)28(26(43)15-19(4)5)37(49)40(9,39(41)51)16-23-31(45)21(7)35(52-11)27(33(23)47)25(42)14-18(2)3/h18-20,45-48,50H,13-17H2,1-12H3/t20-,40-,41+/m1/s1. The summed E-state index contributed by atoms with van der Waals surface area (Å²) in [5, 5.41) is 57.9. The van der Waals surface area contributed by atoms with Crippen LogP contribution in [0.25, 0.3) is 0 Å². The van der Waals surface area contributed by atoms with Gasteiger partial charge in [-0.25, -0.2) is 0 Å². The molecule has 0 aliphatic heterocycles. The molecule has 3 rings (SSSR count). The summed E-state index contributed by atoms with van der Waals surface area (Å²) in [6.07, 6.45) is -1.18. The summed E-state index contributed by atoms with van der Waals surface area (Å²) >= 11 is 0. The van der Waals surface area contributed by atoms with E-state index in [1.54, 1.807) is 41.5 Å². The topological polar surface area (TPSA) is 205 Å². The Bertz CT molecular complexity index is 1900. The van der Waals surface area contributed by atoms with E-state index in [0.717, 1.165) is 0 Å². The number of rotatable bonds is 15. The average Bonchev–Trinajstić information content (AvgIpc) is 3.08. The number of aliphatic hydroxyl groups is 1. The molecule has 0 amide bonds. The van der Waals surface area contributed by atoms with Crippen LogP contribution in [0.15, 0.2) is 11.3 Å². The molecule has 0 bridgehead atoms. The Morgan fingerprint density at radius 3 is 1.51 bits per heavy atom. The van der Waals surface area contributed by atoms with Crippen molar-refractivity contribution in [3.8, 4) is 34.5 Å². The highest BCUT2D eigenvalue weighted by Crippen LogP contribution is 2.54. The number of allylic oxidation sites excluding steroid dienone is 2. The molecule has 12 heteroatoms. The summed E-state index contributed by atoms with van der Waals surface area (Å²) in [4.78, 5) is 70.2. The number of ketones is 5. The SMILES string of the molecule is CC[C@@H](C)C(=O)c1c(O)c(C[C@]2(C)C(=O)[C@](C)(Cc3c(O)c(C)c(OC)c(C(=O)CC(C)C)c3O)C(=O)C(C(=O)CC(C)C)=C2O)c(O)c(C)c1OC. The molecule has 0 unspecified atom stereocenters. The van der Waals surface area contributed by atoms with Crippen molar-refractivity contribution >= 4 is 28.9 Å². The predicted molar refractivity (Wildman–Crippen MR) is 197 cm³/mol. The van der Waals surface area contributed by atoms with Crippen LogP contribution in [0.3, 0.4) is 0 Å². The van der Waals surface area contributed by atoms with Gasteiger partial charge in [0.25, 0.3) is 0 Å². The average molecular weight is 739 g/mol. The number of hydrogen-bond acceptors (Lipinski definition) is 12. The van der Waals surface area contributed by atoms with Gasteiger partial charge in [0.15, 0.2) is 28.9 Å². The lowest BCUT2D eigenvalue weighted by molar-refractivity contribution is -0.147. The molecule has 0 heterocycles. The molecule has 0 spiro atoms. The van der Waals surface area contributed by atoms with Crippen LogP contribution in [0, 0.1) is 42.4 Å². The quantitative estimate of drug-likeness (QED) is 0.0713. The number of aromatic hydroxyl groups is 4. The summed E-state index contributed by atoms with van der Waals surface area (Å²) in [6.45, 7) is 15.9. The van der Waals surface area contributed by atoms with Gasteiger partial charge in [-0.15, -0.1) is 0 Å². The van der Waals surface area contributed by atoms with Crippen LogP contribution in [0.2, 0.25) is 0 Å². The van der Waals surface area contributed by atoms with E-state index in [1.807, 2.05) is 0 Å². The van der Waals surface area contributed by atoms with Crippen molar-refractivity contribution in [2.45, 2.75) is 101 Å². The highest BCUT2D eigenvalue weighted by molar-refractivity contribution is 6.31. The van der Waals surface area contributed by atoms with E-state index >= 15 is 0 Å². The second-order valence-corrected chi connectivity index (χ2v) is 15.5. The molecule has 0 aromatic heterocycles. The number of phenolic OH excluding ortho intramolecular Hbond substituents is 4. The molecule has 2 aromatic rings. The van der Waals surface area contributed by atoms with Crippen LogP contribution in [0.4, 0.5) is 0 Å². The van der Waals surface area contributed by atoms with Gasteiger partial charge >= 0.3 is 0 Å². The number of Topliss-reactive ketones (excluding diaryl/α,β-unsaturated/α-hetero) is 5. The van der Waals surface area contributed by atoms with Crippen molar-refractivity contribution in [3.05, 3.63) is 44.7 Å². The van der Waals surface area contributed by atoms with Crippen LogP contribution in [0.1, 0.15) is 118 Å². The predicted octanol–water partition coefficient (Wildman–Crippen LogP) is 6.98. The fraction of sp³-hybridized carbons (Fsp3) is 0.537. The van der Waals surface area contributed by atoms with E-state index in [0.29, 0.717) is 6.42 Å². The van der Waals surface area contributed by atoms with Gasteiger partial charge in [0.2, 0.25) is 0 Å². The van der Waals surface area contributed by atoms with E-state index in [1.165, 1.54) is 41.9 Å². The summed E-state index contributed by atoms with van der Waals surface area (Å²) in [7, 11) is 2.54. The molecule has 0 saturated heterocycles. The van der Waals surface area contributed by atoms with Crippen LogP contribution < -0.4 is 9.47 Å². The van der Waals surface area contributed by atoms with E-state index in [4.69, 9.17) is 9.47 Å². The van der Waals surface area contributed by atoms with Crippen molar-refractivity contribution in [2.75, 3.05) is 14.2 Å². The molecule has 1 aliphatic carbocycles. The minimum atomic E-state index is -2.26. The molecular formula is C41H54O12. The monoisotopic (exact) mass is 738 g/mol. The van der Waals surface area contributed by atoms with Crippen LogP contribution in [-0.4, -0.2) is 68.7 Å². The number of aliphatic hydroxyl groups excluding tert-OH is 1. The summed E-state index contributed by atoms with van der Waals surface area (Å²) in [5.41, 5.74) is -6.12. The third-order valence-electron chi connectivity index (χ3n) is 10.5. The first-order valence-electron chi connectivity index (χ1n) is 17.8. The first kappa shape index (κ1) is 42.5. The molecule has 290 valence electrons. The zero-order valence-corrected chi connectivity index (χ0v) is 32.9. The van der Waals surface area contributed by atoms with Crippen molar-refractivity contribution in [2.24, 2.45) is 28.6 Å². The molecule has 0 fully saturated rings. The van der Waals surface area contributed by atoms with Crippen LogP contribution >= 0.6 is 0 Å². The Hall–Kier alpha value is -4.87. The van der Waals surface area contributed by atoms with Gasteiger partial charge in [-0.3, -0.25) is 24.0 Å². The molecular weight excluding hydrogens is 684 g/mol. The lowest BCUT2D eigenvalue weighted by Gasteiger charge is -2.42. The third kappa shape index (κ3) is 7.24. The molecule has 5 N–H and O–H groups in total. The Kier molecular flexibility index (Phi) is 12.5. The van der Waals surface area contributed by atoms with Crippen molar-refractivity contribution < 1.29 is 59.0 Å². The number of carbonyl (C=O) groups excluding carboxylic acids is 5. The lowest BCUT2D eigenvalue weighted by Crippen LogP contribution is -2.54. The van der Waals surface area contributed by atoms with Gasteiger partial charge in [0, 0.05) is 41.0 Å². The maximum absolute atomic E-state index is 15.0. The van der Waals surface area contributed by atoms with Crippen molar-refractivity contribution in [3.63, 3.8) is 0 Å². The highest BCUT2D eigenvalue weighted by Gasteiger charge is 2.59. The Balaban J connectivity index is 2.43. The van der Waals surface area contributed by atoms with Gasteiger partial charge in [0.1, 0.15) is 57.0 Å². The van der Waals surface area contributed by atoms with Gasteiger partial charge in [-0.1, -0.05) is 41.5 Å². The van der Waals surface area contributed by atoms with Crippen molar-refractivity contribution in [1.29, 1.82) is 0 Å². The fourth-order valence-corrected chi connectivity index (χ4v) is 7.26. The first-order valence-corrected chi connectivity index (χ1v) is 17.8. The third-order valence-corrected chi connectivity index (χ3v) is 10.5. The fourth-order valence-electron chi connectivity index (χ4n) is 7.26. The van der Waals surface area contributed by atoms with Crippen LogP contribution in [0.5, 0.6) is 34.5 Å². The first-order chi connectivity index (χ1) is 24.5. The number of carbonyl (C=O) groups is 5. The summed E-state index contributed by atoms with van der Waals surface area (Å²) in [6, 6.07) is 0. The lowest BCUT2D eigenvalue weighted by atomic mass is 9.57. The molecule has 53 heavy (non-hydrogen) atoms. The van der Waals surface area contributed by atoms with Gasteiger partial charge < -0.3 is 35.0 Å². The molecule has 12 nitrogen and oxygen atoms in total. The Morgan fingerprint density at radius 1 is 0.660 bits per heavy atom. The maximum Gasteiger partial charge on any atom is 0.183 e.